The number of nitrogens with one attached hydrogen (secondary N) is 1. The van der Waals surface area contributed by atoms with E-state index in [4.69, 9.17) is 10.2 Å². The largest absolute Gasteiger partial charge is 0.443 e. The van der Waals surface area contributed by atoms with Gasteiger partial charge in [-0.3, -0.25) is 0 Å². The number of benzene rings is 1. The lowest BCUT2D eigenvalue weighted by Crippen LogP contribution is -2.22. The summed E-state index contributed by atoms with van der Waals surface area (Å²) < 4.78 is 5.66. The Hall–Kier alpha value is -2.30. The Balaban J connectivity index is 1.60. The quantitative estimate of drug-likeness (QED) is 0.653. The minimum Gasteiger partial charge on any atom is -0.443 e. The molecular formula is C17H22N4O. The highest BCUT2D eigenvalue weighted by Crippen LogP contribution is 2.39. The molecule has 5 heteroatoms. The van der Waals surface area contributed by atoms with E-state index in [-0.39, 0.29) is 0 Å². The van der Waals surface area contributed by atoms with Crippen LogP contribution in [0.15, 0.2) is 39.9 Å². The summed E-state index contributed by atoms with van der Waals surface area (Å²) in [6.45, 7) is 4.73. The number of guanidine groups is 1. The van der Waals surface area contributed by atoms with Crippen molar-refractivity contribution in [3.05, 3.63) is 47.7 Å². The van der Waals surface area contributed by atoms with Crippen molar-refractivity contribution in [2.24, 2.45) is 10.7 Å². The molecule has 116 valence electrons. The Labute approximate surface area is 130 Å². The van der Waals surface area contributed by atoms with Gasteiger partial charge in [-0.1, -0.05) is 26.0 Å². The fraction of sp³-hybridized carbons (Fsp3) is 0.412. The number of nitrogens with two attached hydrogens (primary N) is 1. The van der Waals surface area contributed by atoms with E-state index in [1.165, 1.54) is 18.4 Å². The lowest BCUT2D eigenvalue weighted by Gasteiger charge is -2.09. The van der Waals surface area contributed by atoms with Crippen molar-refractivity contribution in [1.82, 2.24) is 4.98 Å². The molecule has 1 aromatic carbocycles. The second-order valence-electron chi connectivity index (χ2n) is 6.05. The van der Waals surface area contributed by atoms with E-state index in [2.05, 4.69) is 41.3 Å². The lowest BCUT2D eigenvalue weighted by atomic mass is 10.0. The highest BCUT2D eigenvalue weighted by Gasteiger charge is 2.28. The minimum absolute atomic E-state index is 0.380. The summed E-state index contributed by atoms with van der Waals surface area (Å²) in [5.74, 6) is 2.97. The van der Waals surface area contributed by atoms with E-state index in [9.17, 15) is 0 Å². The van der Waals surface area contributed by atoms with Gasteiger partial charge in [0.2, 0.25) is 0 Å². The molecule has 3 rings (SSSR count). The van der Waals surface area contributed by atoms with Gasteiger partial charge in [0.15, 0.2) is 11.9 Å². The molecule has 1 aliphatic carbocycles. The number of nitrogens with zero attached hydrogens (tertiary/aromatic N) is 2. The molecule has 3 N–H and O–H groups in total. The first-order valence-electron chi connectivity index (χ1n) is 7.73. The smallest absolute Gasteiger partial charge is 0.197 e. The first-order valence-corrected chi connectivity index (χ1v) is 7.73. The van der Waals surface area contributed by atoms with E-state index < -0.39 is 0 Å². The molecule has 0 atom stereocenters. The van der Waals surface area contributed by atoms with Gasteiger partial charge >= 0.3 is 0 Å². The first-order chi connectivity index (χ1) is 10.6. The van der Waals surface area contributed by atoms with Gasteiger partial charge in [0.05, 0.1) is 6.20 Å². The Morgan fingerprint density at radius 1 is 1.45 bits per heavy atom. The van der Waals surface area contributed by atoms with Gasteiger partial charge in [0.1, 0.15) is 12.3 Å². The van der Waals surface area contributed by atoms with Gasteiger partial charge in [-0.15, -0.1) is 0 Å². The van der Waals surface area contributed by atoms with Crippen molar-refractivity contribution in [3.8, 4) is 0 Å². The summed E-state index contributed by atoms with van der Waals surface area (Å²) in [5.41, 5.74) is 8.15. The maximum atomic E-state index is 5.94. The van der Waals surface area contributed by atoms with Crippen molar-refractivity contribution in [2.75, 3.05) is 5.32 Å². The number of aliphatic imine (C=N–C) groups is 1. The Kier molecular flexibility index (Phi) is 4.13. The molecule has 1 aliphatic rings. The highest BCUT2D eigenvalue weighted by molar-refractivity contribution is 5.92. The maximum Gasteiger partial charge on any atom is 0.197 e. The monoisotopic (exact) mass is 298 g/mol. The number of rotatable bonds is 5. The first kappa shape index (κ1) is 14.6. The van der Waals surface area contributed by atoms with Crippen molar-refractivity contribution >= 4 is 11.6 Å². The highest BCUT2D eigenvalue weighted by atomic mass is 16.4. The summed E-state index contributed by atoms with van der Waals surface area (Å²) in [7, 11) is 0. The molecular weight excluding hydrogens is 276 g/mol. The summed E-state index contributed by atoms with van der Waals surface area (Å²) in [5, 5.41) is 3.12. The zero-order chi connectivity index (χ0) is 15.5. The van der Waals surface area contributed by atoms with Crippen molar-refractivity contribution in [1.29, 1.82) is 0 Å². The average Bonchev–Trinajstić information content (AvgIpc) is 3.24. The Morgan fingerprint density at radius 2 is 2.27 bits per heavy atom. The third-order valence-corrected chi connectivity index (χ3v) is 3.73. The number of hydrogen-bond donors (Lipinski definition) is 2. The summed E-state index contributed by atoms with van der Waals surface area (Å²) >= 11 is 0. The van der Waals surface area contributed by atoms with Gasteiger partial charge in [-0.05, 0) is 36.5 Å². The number of hydrogen-bond acceptors (Lipinski definition) is 3. The zero-order valence-corrected chi connectivity index (χ0v) is 13.0. The second-order valence-corrected chi connectivity index (χ2v) is 6.05. The zero-order valence-electron chi connectivity index (χ0n) is 13.0. The Morgan fingerprint density at radius 3 is 3.00 bits per heavy atom. The molecule has 1 fully saturated rings. The molecule has 2 aromatic rings. The lowest BCUT2D eigenvalue weighted by molar-refractivity contribution is 0.458. The van der Waals surface area contributed by atoms with E-state index in [1.54, 1.807) is 6.20 Å². The van der Waals surface area contributed by atoms with Crippen LogP contribution >= 0.6 is 0 Å². The molecule has 22 heavy (non-hydrogen) atoms. The fourth-order valence-electron chi connectivity index (χ4n) is 2.24. The van der Waals surface area contributed by atoms with Crippen LogP contribution in [-0.2, 0) is 6.54 Å². The fourth-order valence-corrected chi connectivity index (χ4v) is 2.24. The van der Waals surface area contributed by atoms with Crippen molar-refractivity contribution in [2.45, 2.75) is 45.1 Å². The molecule has 0 radical (unpaired) electrons. The maximum absolute atomic E-state index is 5.94. The Bertz CT molecular complexity index is 671. The predicted octanol–water partition coefficient (Wildman–Crippen LogP) is 3.60. The van der Waals surface area contributed by atoms with Crippen LogP contribution in [0.2, 0.25) is 0 Å². The van der Waals surface area contributed by atoms with Gasteiger partial charge in [-0.2, -0.15) is 0 Å². The van der Waals surface area contributed by atoms with Gasteiger partial charge in [-0.25, -0.2) is 9.98 Å². The normalized spacial score (nSPS) is 15.3. The third-order valence-electron chi connectivity index (χ3n) is 3.73. The summed E-state index contributed by atoms with van der Waals surface area (Å²) in [4.78, 5) is 8.58. The SMILES string of the molecule is CC(C)c1cccc(NC(N)=NCc2cnc(C3CC3)o2)c1. The molecule has 0 saturated heterocycles. The van der Waals surface area contributed by atoms with Crippen LogP contribution in [0.4, 0.5) is 5.69 Å². The van der Waals surface area contributed by atoms with E-state index in [1.807, 2.05) is 12.1 Å². The molecule has 1 heterocycles. The molecule has 0 unspecified atom stereocenters. The van der Waals surface area contributed by atoms with Gasteiger partial charge in [0, 0.05) is 11.6 Å². The van der Waals surface area contributed by atoms with Crippen LogP contribution in [0.25, 0.3) is 0 Å². The molecule has 0 aliphatic heterocycles. The van der Waals surface area contributed by atoms with E-state index in [0.29, 0.717) is 24.3 Å². The van der Waals surface area contributed by atoms with Crippen molar-refractivity contribution in [3.63, 3.8) is 0 Å². The van der Waals surface area contributed by atoms with Crippen LogP contribution < -0.4 is 11.1 Å². The molecule has 1 saturated carbocycles. The van der Waals surface area contributed by atoms with Gasteiger partial charge in [0.25, 0.3) is 0 Å². The number of anilines is 1. The van der Waals surface area contributed by atoms with Crippen LogP contribution in [0.1, 0.15) is 55.7 Å². The molecule has 1 aromatic heterocycles. The van der Waals surface area contributed by atoms with E-state index >= 15 is 0 Å². The predicted molar refractivity (Wildman–Crippen MR) is 88.0 cm³/mol. The van der Waals surface area contributed by atoms with Crippen molar-refractivity contribution < 1.29 is 4.42 Å². The van der Waals surface area contributed by atoms with Gasteiger partial charge < -0.3 is 15.5 Å². The molecule has 0 bridgehead atoms. The second kappa shape index (κ2) is 6.22. The summed E-state index contributed by atoms with van der Waals surface area (Å²) in [6.07, 6.45) is 4.10. The van der Waals surface area contributed by atoms with Crippen LogP contribution in [0, 0.1) is 0 Å². The average molecular weight is 298 g/mol. The molecule has 0 spiro atoms. The van der Waals surface area contributed by atoms with Crippen LogP contribution in [0.3, 0.4) is 0 Å². The number of aromatic nitrogens is 1. The minimum atomic E-state index is 0.380. The van der Waals surface area contributed by atoms with Crippen LogP contribution in [0.5, 0.6) is 0 Å². The standard InChI is InChI=1S/C17H22N4O/c1-11(2)13-4-3-5-14(8-13)21-17(18)20-10-15-9-19-16(22-15)12-6-7-12/h3-5,8-9,11-12H,6-7,10H2,1-2H3,(H3,18,20,21). The van der Waals surface area contributed by atoms with Crippen LogP contribution in [-0.4, -0.2) is 10.9 Å². The molecule has 5 nitrogen and oxygen atoms in total. The topological polar surface area (TPSA) is 76.4 Å². The third kappa shape index (κ3) is 3.67. The summed E-state index contributed by atoms with van der Waals surface area (Å²) in [6, 6.07) is 8.20. The van der Waals surface area contributed by atoms with E-state index in [0.717, 1.165) is 17.3 Å². The molecule has 0 amide bonds. The number of oxazole rings is 1.